The number of anilines is 1. The second-order valence-corrected chi connectivity index (χ2v) is 7.63. The van der Waals surface area contributed by atoms with Crippen LogP contribution in [0.4, 0.5) is 5.69 Å². The minimum absolute atomic E-state index is 0.0180. The molecule has 0 radical (unpaired) electrons. The molecule has 0 saturated carbocycles. The fraction of sp³-hybridized carbons (Fsp3) is 0.278. The molecule has 0 aliphatic heterocycles. The molecule has 2 rings (SSSR count). The number of carbonyl (C=O) groups is 1. The van der Waals surface area contributed by atoms with Crippen molar-refractivity contribution in [3.63, 3.8) is 0 Å². The number of hydrogen-bond donors (Lipinski definition) is 1. The number of halogens is 1. The van der Waals surface area contributed by atoms with Crippen LogP contribution in [-0.2, 0) is 14.9 Å². The molecule has 0 aromatic heterocycles. The van der Waals surface area contributed by atoms with Crippen LogP contribution in [0.1, 0.15) is 25.0 Å². The Labute approximate surface area is 158 Å². The topological polar surface area (TPSA) is 81.7 Å². The van der Waals surface area contributed by atoms with Crippen molar-refractivity contribution in [1.82, 2.24) is 0 Å². The predicted molar refractivity (Wildman–Crippen MR) is 101 cm³/mol. The Morgan fingerprint density at radius 3 is 2.42 bits per heavy atom. The molecule has 6 nitrogen and oxygen atoms in total. The highest BCUT2D eigenvalue weighted by atomic mass is 35.5. The van der Waals surface area contributed by atoms with Gasteiger partial charge in [0.15, 0.2) is 5.75 Å². The fourth-order valence-electron chi connectivity index (χ4n) is 2.37. The third-order valence-electron chi connectivity index (χ3n) is 3.49. The molecule has 0 unspecified atom stereocenters. The molecule has 8 heteroatoms. The van der Waals surface area contributed by atoms with E-state index in [0.717, 1.165) is 0 Å². The summed E-state index contributed by atoms with van der Waals surface area (Å²) in [6.45, 7) is 7.06. The van der Waals surface area contributed by atoms with E-state index in [0.29, 0.717) is 28.5 Å². The molecule has 0 atom stereocenters. The van der Waals surface area contributed by atoms with Gasteiger partial charge in [0, 0.05) is 11.9 Å². The average molecular weight is 398 g/mol. The van der Waals surface area contributed by atoms with Crippen LogP contribution in [0.2, 0.25) is 5.02 Å². The van der Waals surface area contributed by atoms with Crippen molar-refractivity contribution < 1.29 is 22.1 Å². The van der Waals surface area contributed by atoms with E-state index in [9.17, 15) is 13.2 Å². The van der Waals surface area contributed by atoms with Crippen LogP contribution in [-0.4, -0.2) is 20.9 Å². The van der Waals surface area contributed by atoms with Crippen LogP contribution in [0.3, 0.4) is 0 Å². The minimum atomic E-state index is -4.12. The number of rotatable bonds is 6. The van der Waals surface area contributed by atoms with Gasteiger partial charge >= 0.3 is 10.1 Å². The molecule has 1 N–H and O–H groups in total. The number of carbonyl (C=O) groups excluding carboxylic acids is 1. The maximum Gasteiger partial charge on any atom is 0.339 e. The van der Waals surface area contributed by atoms with Crippen molar-refractivity contribution in [3.8, 4) is 11.5 Å². The molecular weight excluding hydrogens is 378 g/mol. The third-order valence-corrected chi connectivity index (χ3v) is 5.11. The number of ether oxygens (including phenoxy) is 1. The SMILES string of the molecule is CCOc1cc(C)c(S(=O)(=O)Oc2ccc(Cl)cc2NC(C)=O)cc1C. The molecule has 0 aliphatic carbocycles. The monoisotopic (exact) mass is 397 g/mol. The number of nitrogens with one attached hydrogen (secondary N) is 1. The summed E-state index contributed by atoms with van der Waals surface area (Å²) in [6.07, 6.45) is 0. The van der Waals surface area contributed by atoms with E-state index in [-0.39, 0.29) is 22.2 Å². The zero-order valence-corrected chi connectivity index (χ0v) is 16.5. The molecule has 26 heavy (non-hydrogen) atoms. The molecule has 0 fully saturated rings. The maximum absolute atomic E-state index is 12.8. The molecule has 2 aromatic rings. The van der Waals surface area contributed by atoms with Gasteiger partial charge in [-0.15, -0.1) is 0 Å². The van der Waals surface area contributed by atoms with Gasteiger partial charge in [0.1, 0.15) is 10.6 Å². The normalized spacial score (nSPS) is 11.1. The Balaban J connectivity index is 2.44. The number of hydrogen-bond acceptors (Lipinski definition) is 5. The first-order valence-electron chi connectivity index (χ1n) is 7.89. The van der Waals surface area contributed by atoms with E-state index >= 15 is 0 Å². The van der Waals surface area contributed by atoms with E-state index in [1.807, 2.05) is 6.92 Å². The van der Waals surface area contributed by atoms with Crippen LogP contribution in [0.15, 0.2) is 35.2 Å². The largest absolute Gasteiger partial charge is 0.494 e. The van der Waals surface area contributed by atoms with Gasteiger partial charge < -0.3 is 14.2 Å². The molecule has 0 spiro atoms. The van der Waals surface area contributed by atoms with Crippen molar-refractivity contribution in [1.29, 1.82) is 0 Å². The summed E-state index contributed by atoms with van der Waals surface area (Å²) in [4.78, 5) is 11.4. The summed E-state index contributed by atoms with van der Waals surface area (Å²) in [5, 5.41) is 2.85. The summed E-state index contributed by atoms with van der Waals surface area (Å²) in [7, 11) is -4.12. The molecule has 1 amide bonds. The zero-order chi connectivity index (χ0) is 19.5. The first-order valence-corrected chi connectivity index (χ1v) is 9.68. The van der Waals surface area contributed by atoms with E-state index in [4.69, 9.17) is 20.5 Å². The summed E-state index contributed by atoms with van der Waals surface area (Å²) in [6, 6.07) is 7.45. The lowest BCUT2D eigenvalue weighted by atomic mass is 10.1. The minimum Gasteiger partial charge on any atom is -0.494 e. The van der Waals surface area contributed by atoms with Gasteiger partial charge in [0.25, 0.3) is 0 Å². The van der Waals surface area contributed by atoms with Gasteiger partial charge in [0.05, 0.1) is 12.3 Å². The van der Waals surface area contributed by atoms with E-state index < -0.39 is 10.1 Å². The van der Waals surface area contributed by atoms with Gasteiger partial charge in [-0.1, -0.05) is 11.6 Å². The third kappa shape index (κ3) is 4.68. The highest BCUT2D eigenvalue weighted by molar-refractivity contribution is 7.87. The van der Waals surface area contributed by atoms with Crippen molar-refractivity contribution in [2.45, 2.75) is 32.6 Å². The van der Waals surface area contributed by atoms with Crippen molar-refractivity contribution >= 4 is 33.3 Å². The van der Waals surface area contributed by atoms with Crippen molar-refractivity contribution in [3.05, 3.63) is 46.5 Å². The fourth-order valence-corrected chi connectivity index (χ4v) is 3.79. The van der Waals surface area contributed by atoms with Gasteiger partial charge in [-0.25, -0.2) is 0 Å². The number of benzene rings is 2. The van der Waals surface area contributed by atoms with Crippen molar-refractivity contribution in [2.24, 2.45) is 0 Å². The second-order valence-electron chi connectivity index (χ2n) is 5.68. The Hall–Kier alpha value is -2.25. The smallest absolute Gasteiger partial charge is 0.339 e. The molecule has 140 valence electrons. The van der Waals surface area contributed by atoms with Gasteiger partial charge in [-0.3, -0.25) is 4.79 Å². The highest BCUT2D eigenvalue weighted by Crippen LogP contribution is 2.32. The molecule has 0 aliphatic rings. The van der Waals surface area contributed by atoms with Gasteiger partial charge in [0.2, 0.25) is 5.91 Å². The van der Waals surface area contributed by atoms with Crippen LogP contribution in [0.25, 0.3) is 0 Å². The lowest BCUT2D eigenvalue weighted by Gasteiger charge is -2.15. The Morgan fingerprint density at radius 2 is 1.81 bits per heavy atom. The molecule has 0 heterocycles. The number of amides is 1. The second kappa shape index (κ2) is 7.97. The standard InChI is InChI=1S/C18H20ClNO5S/c1-5-24-17-8-12(3)18(9-11(17)2)26(22,23)25-16-7-6-14(19)10-15(16)20-13(4)21/h6-10H,5H2,1-4H3,(H,20,21). The quantitative estimate of drug-likeness (QED) is 0.742. The number of aryl methyl sites for hydroxylation is 2. The molecular formula is C18H20ClNO5S. The molecule has 0 saturated heterocycles. The Kier molecular flexibility index (Phi) is 6.15. The first-order chi connectivity index (χ1) is 12.1. The highest BCUT2D eigenvalue weighted by Gasteiger charge is 2.23. The maximum atomic E-state index is 12.8. The predicted octanol–water partition coefficient (Wildman–Crippen LogP) is 4.08. The first kappa shape index (κ1) is 20.1. The van der Waals surface area contributed by atoms with Gasteiger partial charge in [-0.05, 0) is 62.2 Å². The lowest BCUT2D eigenvalue weighted by molar-refractivity contribution is -0.114. The van der Waals surface area contributed by atoms with E-state index in [1.165, 1.54) is 31.2 Å². The van der Waals surface area contributed by atoms with Gasteiger partial charge in [-0.2, -0.15) is 8.42 Å². The van der Waals surface area contributed by atoms with Crippen LogP contribution >= 0.6 is 11.6 Å². The summed E-state index contributed by atoms with van der Waals surface area (Å²) in [5.41, 5.74) is 1.35. The molecule has 2 aromatic carbocycles. The summed E-state index contributed by atoms with van der Waals surface area (Å²) >= 11 is 5.91. The van der Waals surface area contributed by atoms with Crippen LogP contribution in [0, 0.1) is 13.8 Å². The summed E-state index contributed by atoms with van der Waals surface area (Å²) in [5.74, 6) is 0.229. The van der Waals surface area contributed by atoms with Crippen LogP contribution < -0.4 is 14.2 Å². The Morgan fingerprint density at radius 1 is 1.12 bits per heavy atom. The average Bonchev–Trinajstić information content (AvgIpc) is 2.52. The molecule has 0 bridgehead atoms. The van der Waals surface area contributed by atoms with Crippen molar-refractivity contribution in [2.75, 3.05) is 11.9 Å². The summed E-state index contributed by atoms with van der Waals surface area (Å²) < 4.78 is 36.3. The zero-order valence-electron chi connectivity index (χ0n) is 14.9. The Bertz CT molecular complexity index is 941. The van der Waals surface area contributed by atoms with E-state index in [1.54, 1.807) is 19.9 Å². The lowest BCUT2D eigenvalue weighted by Crippen LogP contribution is -2.14. The van der Waals surface area contributed by atoms with E-state index in [2.05, 4.69) is 5.32 Å². The van der Waals surface area contributed by atoms with Crippen LogP contribution in [0.5, 0.6) is 11.5 Å².